The molecule has 130 valence electrons. The minimum absolute atomic E-state index is 0.0716. The Kier molecular flexibility index (Phi) is 5.03. The van der Waals surface area contributed by atoms with Crippen molar-refractivity contribution in [2.45, 2.75) is 26.1 Å². The standard InChI is InChI=1S/C17H23N3O3S/c1-14-5-3-4-6-16(14)13-24(21,22)20-9-7-19(8-10-20)12-17-11-15(2)23-18-17/h3-6,11H,7-10,12-13H2,1-2H3. The summed E-state index contributed by atoms with van der Waals surface area (Å²) in [4.78, 5) is 2.21. The molecule has 0 amide bonds. The molecule has 7 heteroatoms. The fourth-order valence-corrected chi connectivity index (χ4v) is 4.57. The van der Waals surface area contributed by atoms with Crippen molar-refractivity contribution in [2.24, 2.45) is 0 Å². The van der Waals surface area contributed by atoms with E-state index < -0.39 is 10.0 Å². The Hall–Kier alpha value is -1.70. The zero-order valence-corrected chi connectivity index (χ0v) is 14.9. The van der Waals surface area contributed by atoms with E-state index in [0.717, 1.165) is 22.6 Å². The van der Waals surface area contributed by atoms with E-state index in [-0.39, 0.29) is 5.75 Å². The quantitative estimate of drug-likeness (QED) is 0.825. The molecule has 0 bridgehead atoms. The van der Waals surface area contributed by atoms with Gasteiger partial charge in [0, 0.05) is 38.8 Å². The normalized spacial score (nSPS) is 17.2. The van der Waals surface area contributed by atoms with Crippen LogP contribution < -0.4 is 0 Å². The number of hydrogen-bond donors (Lipinski definition) is 0. The van der Waals surface area contributed by atoms with Gasteiger partial charge >= 0.3 is 0 Å². The van der Waals surface area contributed by atoms with E-state index >= 15 is 0 Å². The second-order valence-corrected chi connectivity index (χ2v) is 8.26. The molecule has 1 aromatic heterocycles. The number of aromatic nitrogens is 1. The molecule has 0 aliphatic carbocycles. The van der Waals surface area contributed by atoms with Crippen LogP contribution in [-0.4, -0.2) is 49.0 Å². The maximum absolute atomic E-state index is 12.7. The summed E-state index contributed by atoms with van der Waals surface area (Å²) < 4.78 is 32.0. The molecule has 24 heavy (non-hydrogen) atoms. The van der Waals surface area contributed by atoms with Crippen molar-refractivity contribution in [3.8, 4) is 0 Å². The highest BCUT2D eigenvalue weighted by atomic mass is 32.2. The number of nitrogens with zero attached hydrogens (tertiary/aromatic N) is 3. The second-order valence-electron chi connectivity index (χ2n) is 6.29. The van der Waals surface area contributed by atoms with Gasteiger partial charge in [-0.05, 0) is 25.0 Å². The molecule has 1 aliphatic heterocycles. The molecule has 1 aliphatic rings. The summed E-state index contributed by atoms with van der Waals surface area (Å²) in [5, 5.41) is 3.99. The van der Waals surface area contributed by atoms with Gasteiger partial charge in [-0.1, -0.05) is 29.4 Å². The highest BCUT2D eigenvalue weighted by molar-refractivity contribution is 7.88. The lowest BCUT2D eigenvalue weighted by Gasteiger charge is -2.33. The van der Waals surface area contributed by atoms with Crippen molar-refractivity contribution in [3.63, 3.8) is 0 Å². The van der Waals surface area contributed by atoms with Crippen molar-refractivity contribution >= 4 is 10.0 Å². The monoisotopic (exact) mass is 349 g/mol. The minimum Gasteiger partial charge on any atom is -0.361 e. The Balaban J connectivity index is 1.58. The van der Waals surface area contributed by atoms with Crippen molar-refractivity contribution in [1.82, 2.24) is 14.4 Å². The summed E-state index contributed by atoms with van der Waals surface area (Å²) in [5.74, 6) is 0.867. The van der Waals surface area contributed by atoms with Gasteiger partial charge in [0.2, 0.25) is 10.0 Å². The lowest BCUT2D eigenvalue weighted by molar-refractivity contribution is 0.177. The summed E-state index contributed by atoms with van der Waals surface area (Å²) in [7, 11) is -3.28. The van der Waals surface area contributed by atoms with Crippen molar-refractivity contribution in [1.29, 1.82) is 0 Å². The topological polar surface area (TPSA) is 66.7 Å². The first-order chi connectivity index (χ1) is 11.4. The van der Waals surface area contributed by atoms with E-state index in [1.54, 1.807) is 4.31 Å². The maximum atomic E-state index is 12.7. The molecule has 2 heterocycles. The lowest BCUT2D eigenvalue weighted by atomic mass is 10.1. The van der Waals surface area contributed by atoms with Gasteiger partial charge in [0.05, 0.1) is 11.4 Å². The summed E-state index contributed by atoms with van der Waals surface area (Å²) in [5.41, 5.74) is 2.78. The van der Waals surface area contributed by atoms with E-state index in [1.807, 2.05) is 44.2 Å². The van der Waals surface area contributed by atoms with Gasteiger partial charge < -0.3 is 4.52 Å². The maximum Gasteiger partial charge on any atom is 0.218 e. The molecule has 3 rings (SSSR count). The first-order valence-corrected chi connectivity index (χ1v) is 9.72. The van der Waals surface area contributed by atoms with E-state index in [2.05, 4.69) is 10.1 Å². The highest BCUT2D eigenvalue weighted by Crippen LogP contribution is 2.17. The average Bonchev–Trinajstić information content (AvgIpc) is 2.95. The highest BCUT2D eigenvalue weighted by Gasteiger charge is 2.27. The average molecular weight is 349 g/mol. The van der Waals surface area contributed by atoms with Crippen molar-refractivity contribution < 1.29 is 12.9 Å². The molecule has 1 saturated heterocycles. The Labute approximate surface area is 143 Å². The van der Waals surface area contributed by atoms with Crippen LogP contribution in [0.3, 0.4) is 0 Å². The van der Waals surface area contributed by atoms with E-state index in [4.69, 9.17) is 4.52 Å². The van der Waals surface area contributed by atoms with Crippen LogP contribution in [0.2, 0.25) is 0 Å². The molecule has 0 spiro atoms. The number of sulfonamides is 1. The first-order valence-electron chi connectivity index (χ1n) is 8.11. The molecular weight excluding hydrogens is 326 g/mol. The van der Waals surface area contributed by atoms with Crippen LogP contribution in [0.15, 0.2) is 34.9 Å². The van der Waals surface area contributed by atoms with Gasteiger partial charge in [-0.25, -0.2) is 8.42 Å². The molecular formula is C17H23N3O3S. The zero-order valence-electron chi connectivity index (χ0n) is 14.1. The minimum atomic E-state index is -3.28. The Morgan fingerprint density at radius 3 is 2.46 bits per heavy atom. The first kappa shape index (κ1) is 17.1. The Bertz CT molecular complexity index is 793. The summed E-state index contributed by atoms with van der Waals surface area (Å²) in [6, 6.07) is 9.56. The lowest BCUT2D eigenvalue weighted by Crippen LogP contribution is -2.48. The molecule has 0 atom stereocenters. The molecule has 1 fully saturated rings. The van der Waals surface area contributed by atoms with Gasteiger partial charge in [-0.15, -0.1) is 0 Å². The van der Waals surface area contributed by atoms with E-state index in [1.165, 1.54) is 0 Å². The summed E-state index contributed by atoms with van der Waals surface area (Å²) in [6.45, 7) is 6.96. The van der Waals surface area contributed by atoms with Crippen LogP contribution in [0, 0.1) is 13.8 Å². The molecule has 6 nitrogen and oxygen atoms in total. The third-order valence-corrected chi connectivity index (χ3v) is 6.21. The van der Waals surface area contributed by atoms with Gasteiger partial charge in [-0.2, -0.15) is 4.31 Å². The van der Waals surface area contributed by atoms with Crippen LogP contribution in [0.25, 0.3) is 0 Å². The molecule has 0 N–H and O–H groups in total. The Morgan fingerprint density at radius 1 is 1.12 bits per heavy atom. The molecule has 2 aromatic rings. The van der Waals surface area contributed by atoms with Gasteiger partial charge in [0.1, 0.15) is 5.76 Å². The summed E-state index contributed by atoms with van der Waals surface area (Å²) >= 11 is 0. The van der Waals surface area contributed by atoms with E-state index in [0.29, 0.717) is 32.7 Å². The molecule has 0 saturated carbocycles. The second kappa shape index (κ2) is 7.04. The number of aryl methyl sites for hydroxylation is 2. The van der Waals surface area contributed by atoms with E-state index in [9.17, 15) is 8.42 Å². The van der Waals surface area contributed by atoms with Crippen LogP contribution in [0.5, 0.6) is 0 Å². The molecule has 0 unspecified atom stereocenters. The van der Waals surface area contributed by atoms with Crippen LogP contribution >= 0.6 is 0 Å². The predicted molar refractivity (Wildman–Crippen MR) is 91.9 cm³/mol. The van der Waals surface area contributed by atoms with Crippen LogP contribution in [0.4, 0.5) is 0 Å². The zero-order chi connectivity index (χ0) is 17.2. The van der Waals surface area contributed by atoms with Crippen LogP contribution in [-0.2, 0) is 22.3 Å². The number of benzene rings is 1. The number of hydrogen-bond acceptors (Lipinski definition) is 5. The Morgan fingerprint density at radius 2 is 1.83 bits per heavy atom. The third-order valence-electron chi connectivity index (χ3n) is 4.39. The smallest absolute Gasteiger partial charge is 0.218 e. The predicted octanol–water partition coefficient (Wildman–Crippen LogP) is 1.94. The van der Waals surface area contributed by atoms with Gasteiger partial charge in [0.25, 0.3) is 0 Å². The fraction of sp³-hybridized carbons (Fsp3) is 0.471. The SMILES string of the molecule is Cc1cc(CN2CCN(S(=O)(=O)Cc3ccccc3C)CC2)no1. The largest absolute Gasteiger partial charge is 0.361 e. The van der Waals surface area contributed by atoms with Crippen molar-refractivity contribution in [2.75, 3.05) is 26.2 Å². The van der Waals surface area contributed by atoms with Crippen LogP contribution in [0.1, 0.15) is 22.6 Å². The molecule has 0 radical (unpaired) electrons. The fourth-order valence-electron chi connectivity index (χ4n) is 2.95. The van der Waals surface area contributed by atoms with Crippen molar-refractivity contribution in [3.05, 3.63) is 52.9 Å². The number of piperazine rings is 1. The van der Waals surface area contributed by atoms with Gasteiger partial charge in [-0.3, -0.25) is 4.90 Å². The van der Waals surface area contributed by atoms with Gasteiger partial charge in [0.15, 0.2) is 0 Å². The molecule has 1 aromatic carbocycles. The third kappa shape index (κ3) is 4.03. The number of rotatable bonds is 5. The summed E-state index contributed by atoms with van der Waals surface area (Å²) in [6.07, 6.45) is 0.